The van der Waals surface area contributed by atoms with Crippen LogP contribution in [0.25, 0.3) is 10.8 Å². The summed E-state index contributed by atoms with van der Waals surface area (Å²) in [7, 11) is 0. The Hall–Kier alpha value is -6.04. The molecule has 6 fully saturated rings. The molecular weight excluding hydrogens is 952 g/mol. The van der Waals surface area contributed by atoms with Crippen molar-refractivity contribution in [2.45, 2.75) is 89.0 Å². The molecule has 3 aromatic carbocycles. The van der Waals surface area contributed by atoms with Crippen molar-refractivity contribution in [3.8, 4) is 0 Å². The van der Waals surface area contributed by atoms with Gasteiger partial charge >= 0.3 is 0 Å². The van der Waals surface area contributed by atoms with Crippen LogP contribution in [0.1, 0.15) is 114 Å². The van der Waals surface area contributed by atoms with Crippen molar-refractivity contribution in [1.82, 2.24) is 50.2 Å². The number of H-pyrrole nitrogens is 1. The molecule has 10 rings (SSSR count). The number of nitrogens with one attached hydrogen (secondary N) is 3. The molecule has 6 aliphatic rings. The minimum atomic E-state index is -0.605. The smallest absolute Gasteiger partial charge is 0.272 e. The van der Waals surface area contributed by atoms with Gasteiger partial charge in [0.2, 0.25) is 17.7 Å². The Kier molecular flexibility index (Phi) is 17.0. The highest BCUT2D eigenvalue weighted by atomic mass is 19.1. The zero-order valence-electron chi connectivity index (χ0n) is 43.5. The van der Waals surface area contributed by atoms with Crippen LogP contribution in [0.5, 0.6) is 0 Å². The Balaban J connectivity index is 0.652. The number of carbonyl (C=O) groups is 5. The highest BCUT2D eigenvalue weighted by Gasteiger charge is 2.37. The molecule has 5 amide bonds. The van der Waals surface area contributed by atoms with E-state index >= 15 is 4.39 Å². The highest BCUT2D eigenvalue weighted by Crippen LogP contribution is 2.31. The summed E-state index contributed by atoms with van der Waals surface area (Å²) < 4.78 is 15.1. The summed E-state index contributed by atoms with van der Waals surface area (Å²) in [5.41, 5.74) is 2.65. The number of aromatic nitrogens is 2. The Bertz CT molecular complexity index is 2740. The van der Waals surface area contributed by atoms with E-state index in [4.69, 9.17) is 0 Å². The van der Waals surface area contributed by atoms with Gasteiger partial charge in [-0.05, 0) is 130 Å². The van der Waals surface area contributed by atoms with Crippen molar-refractivity contribution in [2.75, 3.05) is 105 Å². The third-order valence-electron chi connectivity index (χ3n) is 17.1. The molecule has 3 N–H and O–H groups in total. The van der Waals surface area contributed by atoms with Gasteiger partial charge in [-0.15, -0.1) is 0 Å². The van der Waals surface area contributed by atoms with Gasteiger partial charge in [-0.3, -0.25) is 38.6 Å². The first kappa shape index (κ1) is 52.4. The normalized spacial score (nSPS) is 21.1. The average molecular weight is 1030 g/mol. The van der Waals surface area contributed by atoms with E-state index in [0.717, 1.165) is 115 Å². The van der Waals surface area contributed by atoms with E-state index in [1.165, 1.54) is 18.9 Å². The second-order valence-corrected chi connectivity index (χ2v) is 22.3. The zero-order chi connectivity index (χ0) is 51.8. The largest absolute Gasteiger partial charge is 0.341 e. The van der Waals surface area contributed by atoms with Gasteiger partial charge in [0, 0.05) is 95.3 Å². The number of piperazine rings is 2. The van der Waals surface area contributed by atoms with Gasteiger partial charge < -0.3 is 30.2 Å². The first-order valence-electron chi connectivity index (χ1n) is 28.0. The number of piperidine rings is 2. The van der Waals surface area contributed by atoms with Gasteiger partial charge in [-0.2, -0.15) is 5.10 Å². The van der Waals surface area contributed by atoms with E-state index < -0.39 is 17.8 Å². The van der Waals surface area contributed by atoms with Crippen LogP contribution in [0.15, 0.2) is 71.5 Å². The fraction of sp³-hybridized carbons (Fsp3) is 0.569. The molecule has 5 heterocycles. The number of halogens is 1. The number of benzene rings is 3. The summed E-state index contributed by atoms with van der Waals surface area (Å²) in [6.07, 6.45) is 11.8. The number of aromatic amines is 1. The minimum Gasteiger partial charge on any atom is -0.341 e. The lowest BCUT2D eigenvalue weighted by atomic mass is 9.83. The van der Waals surface area contributed by atoms with Crippen molar-refractivity contribution in [3.63, 3.8) is 0 Å². The SMILES string of the molecule is O=C(N[C@@H](C(=O)N1CCN(CC2CCN(CC(=O)N3CCN(C(=O)c4cc(Cc5n[nH]c(=O)c6ccccc56)ccc4F)CC3)CC2)CC1)C1CCCCC1)c1cccc(C2CCCN(C(=O)CNCC3CC3)C2)c1. The van der Waals surface area contributed by atoms with Gasteiger partial charge in [0.15, 0.2) is 0 Å². The second kappa shape index (κ2) is 24.3. The van der Waals surface area contributed by atoms with E-state index in [1.807, 2.05) is 45.0 Å². The van der Waals surface area contributed by atoms with Crippen LogP contribution in [-0.4, -0.2) is 180 Å². The first-order chi connectivity index (χ1) is 36.5. The summed E-state index contributed by atoms with van der Waals surface area (Å²) in [5.74, 6) is 0.483. The summed E-state index contributed by atoms with van der Waals surface area (Å²) in [6, 6.07) is 18.9. The Morgan fingerprint density at radius 3 is 2.16 bits per heavy atom. The molecule has 17 heteroatoms. The van der Waals surface area contributed by atoms with Crippen LogP contribution in [-0.2, 0) is 20.8 Å². The van der Waals surface area contributed by atoms with E-state index in [-0.39, 0.29) is 46.6 Å². The van der Waals surface area contributed by atoms with E-state index in [2.05, 4.69) is 36.7 Å². The quantitative estimate of drug-likeness (QED) is 0.141. The van der Waals surface area contributed by atoms with Crippen molar-refractivity contribution in [1.29, 1.82) is 0 Å². The maximum Gasteiger partial charge on any atom is 0.272 e. The minimum absolute atomic E-state index is 0.0213. The van der Waals surface area contributed by atoms with Crippen molar-refractivity contribution >= 4 is 40.3 Å². The van der Waals surface area contributed by atoms with Gasteiger partial charge in [-0.25, -0.2) is 9.49 Å². The summed E-state index contributed by atoms with van der Waals surface area (Å²) >= 11 is 0. The number of likely N-dealkylation sites (tertiary alicyclic amines) is 2. The fourth-order valence-corrected chi connectivity index (χ4v) is 12.3. The van der Waals surface area contributed by atoms with Crippen molar-refractivity contribution in [2.24, 2.45) is 17.8 Å². The molecule has 0 bridgehead atoms. The Morgan fingerprint density at radius 1 is 0.667 bits per heavy atom. The number of amides is 5. The average Bonchev–Trinajstić information content (AvgIpc) is 4.29. The van der Waals surface area contributed by atoms with Gasteiger partial charge in [-0.1, -0.05) is 55.7 Å². The van der Waals surface area contributed by atoms with Crippen molar-refractivity contribution in [3.05, 3.63) is 111 Å². The molecule has 4 aliphatic heterocycles. The predicted molar refractivity (Wildman–Crippen MR) is 285 cm³/mol. The monoisotopic (exact) mass is 1030 g/mol. The predicted octanol–water partition coefficient (Wildman–Crippen LogP) is 4.88. The van der Waals surface area contributed by atoms with Crippen LogP contribution in [0, 0.1) is 23.6 Å². The summed E-state index contributed by atoms with van der Waals surface area (Å²) in [5, 5.41) is 14.6. The van der Waals surface area contributed by atoms with Crippen LogP contribution in [0.3, 0.4) is 0 Å². The number of carbonyl (C=O) groups excluding carboxylic acids is 5. The summed E-state index contributed by atoms with van der Waals surface area (Å²) in [4.78, 5) is 93.0. The molecule has 75 heavy (non-hydrogen) atoms. The maximum absolute atomic E-state index is 15.1. The van der Waals surface area contributed by atoms with Crippen LogP contribution >= 0.6 is 0 Å². The first-order valence-corrected chi connectivity index (χ1v) is 28.0. The van der Waals surface area contributed by atoms with E-state index in [0.29, 0.717) is 98.8 Å². The molecule has 4 aromatic rings. The van der Waals surface area contributed by atoms with Crippen LogP contribution < -0.4 is 16.2 Å². The van der Waals surface area contributed by atoms with Gasteiger partial charge in [0.05, 0.1) is 29.7 Å². The van der Waals surface area contributed by atoms with Crippen LogP contribution in [0.2, 0.25) is 0 Å². The third-order valence-corrected chi connectivity index (χ3v) is 17.1. The van der Waals surface area contributed by atoms with E-state index in [1.54, 1.807) is 29.2 Å². The third kappa shape index (κ3) is 13.1. The topological polar surface area (TPSA) is 175 Å². The lowest BCUT2D eigenvalue weighted by Crippen LogP contribution is -2.57. The molecule has 1 aromatic heterocycles. The molecular formula is C58H75FN10O6. The number of hydrogen-bond acceptors (Lipinski definition) is 10. The molecule has 16 nitrogen and oxygen atoms in total. The standard InChI is InChI=1S/C58H75FN10O6/c59-50-18-17-42(33-51-47-13-4-5-14-48(47)56(73)63-62-51)32-49(50)57(74)67-30-28-66(29-31-67)53(71)39-64-22-19-41(20-23-64)37-65-24-26-68(27-25-65)58(75)54(43-8-2-1-3-9-43)61-55(72)45-11-6-10-44(34-45)46-12-7-21-69(38-46)52(70)36-60-35-40-15-16-40/h4-6,10-11,13-14,17-18,32,34,40-41,43,46,54,60H,1-3,7-9,12,15-16,19-31,33,35-39H2,(H,61,72)(H,63,73)/t46?,54-/m1/s1. The molecule has 0 spiro atoms. The molecule has 400 valence electrons. The Morgan fingerprint density at radius 2 is 1.40 bits per heavy atom. The molecule has 2 aliphatic carbocycles. The summed E-state index contributed by atoms with van der Waals surface area (Å²) in [6.45, 7) is 9.87. The number of rotatable bonds is 16. The highest BCUT2D eigenvalue weighted by molar-refractivity contribution is 5.98. The van der Waals surface area contributed by atoms with E-state index in [9.17, 15) is 28.8 Å². The number of nitrogens with zero attached hydrogens (tertiary/aromatic N) is 7. The lowest BCUT2D eigenvalue weighted by Gasteiger charge is -2.41. The number of fused-ring (bicyclic) bond motifs is 1. The Labute approximate surface area is 439 Å². The number of hydrogen-bond donors (Lipinski definition) is 3. The maximum atomic E-state index is 15.1. The molecule has 4 saturated heterocycles. The van der Waals surface area contributed by atoms with Gasteiger partial charge in [0.1, 0.15) is 11.9 Å². The lowest BCUT2D eigenvalue weighted by molar-refractivity contribution is -0.137. The zero-order valence-corrected chi connectivity index (χ0v) is 43.5. The van der Waals surface area contributed by atoms with Crippen LogP contribution in [0.4, 0.5) is 4.39 Å². The molecule has 2 atom stereocenters. The second-order valence-electron chi connectivity index (χ2n) is 22.3. The molecule has 2 saturated carbocycles. The fourth-order valence-electron chi connectivity index (χ4n) is 12.3. The van der Waals surface area contributed by atoms with Gasteiger partial charge in [0.25, 0.3) is 17.4 Å². The molecule has 0 radical (unpaired) electrons. The van der Waals surface area contributed by atoms with Crippen molar-refractivity contribution < 1.29 is 28.4 Å². The molecule has 1 unspecified atom stereocenters.